The van der Waals surface area contributed by atoms with Crippen molar-refractivity contribution in [1.82, 2.24) is 14.8 Å². The minimum Gasteiger partial charge on any atom is -0.314 e. The summed E-state index contributed by atoms with van der Waals surface area (Å²) in [5.74, 6) is 0.374. The number of rotatable bonds is 2. The second kappa shape index (κ2) is 4.33. The topological polar surface area (TPSA) is 34.0 Å². The Morgan fingerprint density at radius 1 is 1.35 bits per heavy atom. The van der Waals surface area contributed by atoms with E-state index in [0.29, 0.717) is 16.8 Å². The molecule has 1 aromatic heterocycles. The van der Waals surface area contributed by atoms with Crippen LogP contribution in [-0.4, -0.2) is 21.8 Å². The summed E-state index contributed by atoms with van der Waals surface area (Å²) in [7, 11) is 3.59. The van der Waals surface area contributed by atoms with Gasteiger partial charge in [0, 0.05) is 19.8 Å². The Balaban J connectivity index is 2.40. The molecular weight excluding hydrogens is 243 g/mol. The van der Waals surface area contributed by atoms with E-state index in [2.05, 4.69) is 10.2 Å². The Morgan fingerprint density at radius 3 is 2.59 bits per heavy atom. The molecule has 0 aliphatic rings. The predicted molar refractivity (Wildman–Crippen MR) is 65.2 cm³/mol. The molecule has 0 saturated carbocycles. The molecule has 1 aromatic carbocycles. The monoisotopic (exact) mass is 254 g/mol. The zero-order valence-electron chi connectivity index (χ0n) is 9.78. The number of benzene rings is 1. The number of aryl methyl sites for hydroxylation is 1. The van der Waals surface area contributed by atoms with Crippen molar-refractivity contribution in [2.45, 2.75) is 6.92 Å². The molecule has 0 spiro atoms. The molecule has 0 N–H and O–H groups in total. The number of aromatic nitrogens is 3. The van der Waals surface area contributed by atoms with Crippen molar-refractivity contribution in [1.29, 1.82) is 0 Å². The van der Waals surface area contributed by atoms with Crippen molar-refractivity contribution >= 4 is 23.2 Å². The molecule has 90 valence electrons. The largest absolute Gasteiger partial charge is 0.314 e. The quantitative estimate of drug-likeness (QED) is 0.826. The van der Waals surface area contributed by atoms with Crippen molar-refractivity contribution in [2.75, 3.05) is 11.9 Å². The molecule has 17 heavy (non-hydrogen) atoms. The van der Waals surface area contributed by atoms with Gasteiger partial charge in [-0.05, 0) is 42.3 Å². The Morgan fingerprint density at radius 2 is 2.06 bits per heavy atom. The van der Waals surface area contributed by atoms with E-state index < -0.39 is 0 Å². The average molecular weight is 255 g/mol. The van der Waals surface area contributed by atoms with Gasteiger partial charge in [0.05, 0.1) is 0 Å². The van der Waals surface area contributed by atoms with Crippen LogP contribution in [0.15, 0.2) is 18.2 Å². The molecule has 0 aliphatic carbocycles. The SMILES string of the molecule is Cc1cc(N(C)c2nnc(Cl)n2C)ccc1F. The van der Waals surface area contributed by atoms with Gasteiger partial charge >= 0.3 is 0 Å². The minimum atomic E-state index is -0.224. The maximum absolute atomic E-state index is 13.2. The Kier molecular flexibility index (Phi) is 3.02. The zero-order valence-corrected chi connectivity index (χ0v) is 10.5. The van der Waals surface area contributed by atoms with Gasteiger partial charge in [-0.2, -0.15) is 0 Å². The van der Waals surface area contributed by atoms with Gasteiger partial charge in [-0.3, -0.25) is 4.57 Å². The third-order valence-corrected chi connectivity index (χ3v) is 2.96. The van der Waals surface area contributed by atoms with Crippen LogP contribution in [0.3, 0.4) is 0 Å². The Hall–Kier alpha value is -1.62. The summed E-state index contributed by atoms with van der Waals surface area (Å²) in [4.78, 5) is 1.80. The van der Waals surface area contributed by atoms with Gasteiger partial charge in [0.1, 0.15) is 5.82 Å². The van der Waals surface area contributed by atoms with Crippen molar-refractivity contribution < 1.29 is 4.39 Å². The standard InChI is InChI=1S/C11H12ClFN4/c1-7-6-8(4-5-9(7)13)16(2)11-15-14-10(12)17(11)3/h4-6H,1-3H3. The Bertz CT molecular complexity index is 552. The van der Waals surface area contributed by atoms with Gasteiger partial charge in [-0.15, -0.1) is 10.2 Å². The predicted octanol–water partition coefficient (Wildman–Crippen LogP) is 2.68. The molecule has 0 radical (unpaired) electrons. The molecule has 0 bridgehead atoms. The summed E-state index contributed by atoms with van der Waals surface area (Å²) < 4.78 is 14.8. The van der Waals surface area contributed by atoms with Crippen molar-refractivity contribution in [3.8, 4) is 0 Å². The van der Waals surface area contributed by atoms with Crippen LogP contribution in [0.25, 0.3) is 0 Å². The molecule has 0 fully saturated rings. The first-order valence-electron chi connectivity index (χ1n) is 5.05. The third kappa shape index (κ3) is 2.10. The molecule has 1 heterocycles. The Labute approximate surface area is 104 Å². The first kappa shape index (κ1) is 11.9. The van der Waals surface area contributed by atoms with E-state index in [1.165, 1.54) is 6.07 Å². The number of hydrogen-bond donors (Lipinski definition) is 0. The fraction of sp³-hybridized carbons (Fsp3) is 0.273. The molecule has 6 heteroatoms. The first-order chi connectivity index (χ1) is 8.00. The smallest absolute Gasteiger partial charge is 0.232 e. The van der Waals surface area contributed by atoms with Crippen LogP contribution in [0, 0.1) is 12.7 Å². The van der Waals surface area contributed by atoms with E-state index >= 15 is 0 Å². The van der Waals surface area contributed by atoms with Crippen LogP contribution in [0.1, 0.15) is 5.56 Å². The highest BCUT2D eigenvalue weighted by atomic mass is 35.5. The second-order valence-corrected chi connectivity index (χ2v) is 4.16. The molecular formula is C11H12ClFN4. The number of anilines is 2. The van der Waals surface area contributed by atoms with Crippen molar-refractivity contribution in [3.63, 3.8) is 0 Å². The van der Waals surface area contributed by atoms with Crippen LogP contribution in [0.4, 0.5) is 16.0 Å². The summed E-state index contributed by atoms with van der Waals surface area (Å²) >= 11 is 5.82. The molecule has 4 nitrogen and oxygen atoms in total. The molecule has 0 amide bonds. The second-order valence-electron chi connectivity index (χ2n) is 3.82. The van der Waals surface area contributed by atoms with Crippen LogP contribution in [-0.2, 0) is 7.05 Å². The van der Waals surface area contributed by atoms with Gasteiger partial charge in [0.15, 0.2) is 0 Å². The van der Waals surface area contributed by atoms with E-state index in [9.17, 15) is 4.39 Å². The first-order valence-corrected chi connectivity index (χ1v) is 5.43. The zero-order chi connectivity index (χ0) is 12.6. The molecule has 0 atom stereocenters. The fourth-order valence-corrected chi connectivity index (χ4v) is 1.66. The normalized spacial score (nSPS) is 10.6. The highest BCUT2D eigenvalue weighted by molar-refractivity contribution is 6.28. The third-order valence-electron chi connectivity index (χ3n) is 2.63. The lowest BCUT2D eigenvalue weighted by Gasteiger charge is -2.18. The number of halogens is 2. The lowest BCUT2D eigenvalue weighted by atomic mass is 10.2. The van der Waals surface area contributed by atoms with Crippen LogP contribution < -0.4 is 4.90 Å². The maximum Gasteiger partial charge on any atom is 0.232 e. The van der Waals surface area contributed by atoms with Gasteiger partial charge in [0.2, 0.25) is 11.2 Å². The fourth-order valence-electron chi connectivity index (χ4n) is 1.55. The van der Waals surface area contributed by atoms with Gasteiger partial charge in [-0.25, -0.2) is 4.39 Å². The molecule has 0 unspecified atom stereocenters. The summed E-state index contributed by atoms with van der Waals surface area (Å²) in [6, 6.07) is 4.86. The van der Waals surface area contributed by atoms with E-state index in [0.717, 1.165) is 5.69 Å². The number of hydrogen-bond acceptors (Lipinski definition) is 3. The van der Waals surface area contributed by atoms with E-state index in [1.54, 1.807) is 35.6 Å². The van der Waals surface area contributed by atoms with Crippen LogP contribution in [0.5, 0.6) is 0 Å². The maximum atomic E-state index is 13.2. The van der Waals surface area contributed by atoms with Crippen LogP contribution >= 0.6 is 11.6 Å². The van der Waals surface area contributed by atoms with E-state index in [-0.39, 0.29) is 5.82 Å². The van der Waals surface area contributed by atoms with Crippen molar-refractivity contribution in [3.05, 3.63) is 34.9 Å². The minimum absolute atomic E-state index is 0.224. The summed E-state index contributed by atoms with van der Waals surface area (Å²) in [5.41, 5.74) is 1.42. The molecule has 0 saturated heterocycles. The lowest BCUT2D eigenvalue weighted by molar-refractivity contribution is 0.618. The summed E-state index contributed by atoms with van der Waals surface area (Å²) in [6.07, 6.45) is 0. The molecule has 2 rings (SSSR count). The lowest BCUT2D eigenvalue weighted by Crippen LogP contribution is -2.14. The van der Waals surface area contributed by atoms with Gasteiger partial charge in [-0.1, -0.05) is 0 Å². The highest BCUT2D eigenvalue weighted by Gasteiger charge is 2.13. The van der Waals surface area contributed by atoms with E-state index in [4.69, 9.17) is 11.6 Å². The van der Waals surface area contributed by atoms with Gasteiger partial charge < -0.3 is 4.90 Å². The molecule has 0 aliphatic heterocycles. The van der Waals surface area contributed by atoms with Crippen LogP contribution in [0.2, 0.25) is 5.28 Å². The average Bonchev–Trinajstić information content (AvgIpc) is 2.63. The summed E-state index contributed by atoms with van der Waals surface area (Å²) in [5, 5.41) is 8.03. The molecule has 2 aromatic rings. The summed E-state index contributed by atoms with van der Waals surface area (Å²) in [6.45, 7) is 1.72. The highest BCUT2D eigenvalue weighted by Crippen LogP contribution is 2.24. The number of nitrogens with zero attached hydrogens (tertiary/aromatic N) is 4. The van der Waals surface area contributed by atoms with Crippen molar-refractivity contribution in [2.24, 2.45) is 7.05 Å². The van der Waals surface area contributed by atoms with E-state index in [1.807, 2.05) is 7.05 Å². The van der Waals surface area contributed by atoms with Gasteiger partial charge in [0.25, 0.3) is 0 Å².